The topological polar surface area (TPSA) is 86.5 Å². The lowest BCUT2D eigenvalue weighted by molar-refractivity contribution is -0.119. The molecule has 29 heavy (non-hydrogen) atoms. The molecule has 0 aromatic carbocycles. The highest BCUT2D eigenvalue weighted by Crippen LogP contribution is 2.22. The van der Waals surface area contributed by atoms with Gasteiger partial charge < -0.3 is 0 Å². The normalized spacial score (nSPS) is 10.8. The minimum absolute atomic E-state index is 0.0493. The Morgan fingerprint density at radius 2 is 1.79 bits per heavy atom. The van der Waals surface area contributed by atoms with Gasteiger partial charge in [-0.2, -0.15) is 5.10 Å². The Labute approximate surface area is 168 Å². The third-order valence-electron chi connectivity index (χ3n) is 4.59. The lowest BCUT2D eigenvalue weighted by Crippen LogP contribution is -2.13. The van der Waals surface area contributed by atoms with E-state index in [1.54, 1.807) is 29.5 Å². The van der Waals surface area contributed by atoms with Crippen molar-refractivity contribution in [1.29, 1.82) is 0 Å². The Hall–Kier alpha value is -3.74. The van der Waals surface area contributed by atoms with Gasteiger partial charge in [0.2, 0.25) is 0 Å². The Kier molecular flexibility index (Phi) is 5.20. The van der Waals surface area contributed by atoms with Crippen LogP contribution in [0.3, 0.4) is 0 Å². The van der Waals surface area contributed by atoms with Gasteiger partial charge in [-0.15, -0.1) is 0 Å². The van der Waals surface area contributed by atoms with Crippen LogP contribution in [0.25, 0.3) is 22.3 Å². The zero-order chi connectivity index (χ0) is 20.2. The second kappa shape index (κ2) is 8.10. The fourth-order valence-corrected chi connectivity index (χ4v) is 3.18. The van der Waals surface area contributed by atoms with Gasteiger partial charge in [-0.3, -0.25) is 19.4 Å². The smallest absolute Gasteiger partial charge is 0.160 e. The average molecular weight is 384 g/mol. The molecule has 4 aromatic heterocycles. The summed E-state index contributed by atoms with van der Waals surface area (Å²) in [5.74, 6) is 0.0493. The number of carbonyl (C=O) groups excluding carboxylic acids is 1. The number of aromatic nitrogens is 6. The van der Waals surface area contributed by atoms with Crippen LogP contribution in [0.4, 0.5) is 0 Å². The van der Waals surface area contributed by atoms with E-state index in [2.05, 4.69) is 25.0 Å². The van der Waals surface area contributed by atoms with Crippen molar-refractivity contribution in [3.63, 3.8) is 0 Å². The summed E-state index contributed by atoms with van der Waals surface area (Å²) in [6.07, 6.45) is 10.6. The molecule has 0 saturated carbocycles. The van der Waals surface area contributed by atoms with E-state index in [-0.39, 0.29) is 18.7 Å². The third-order valence-corrected chi connectivity index (χ3v) is 4.59. The van der Waals surface area contributed by atoms with Crippen LogP contribution < -0.4 is 0 Å². The number of ketones is 1. The molecule has 0 unspecified atom stereocenters. The van der Waals surface area contributed by atoms with Crippen LogP contribution in [0, 0.1) is 13.8 Å². The fourth-order valence-electron chi connectivity index (χ4n) is 3.18. The van der Waals surface area contributed by atoms with Crippen LogP contribution in [0.15, 0.2) is 61.6 Å². The highest BCUT2D eigenvalue weighted by Gasteiger charge is 2.12. The van der Waals surface area contributed by atoms with Crippen LogP contribution in [0.1, 0.15) is 17.1 Å². The van der Waals surface area contributed by atoms with E-state index in [1.807, 2.05) is 44.3 Å². The molecule has 4 aromatic rings. The highest BCUT2D eigenvalue weighted by molar-refractivity contribution is 5.80. The quantitative estimate of drug-likeness (QED) is 0.507. The molecule has 7 heteroatoms. The molecule has 0 aliphatic carbocycles. The van der Waals surface area contributed by atoms with Gasteiger partial charge in [-0.25, -0.2) is 9.97 Å². The molecular weight excluding hydrogens is 364 g/mol. The van der Waals surface area contributed by atoms with Crippen molar-refractivity contribution in [2.75, 3.05) is 0 Å². The first-order valence-electron chi connectivity index (χ1n) is 9.27. The summed E-state index contributed by atoms with van der Waals surface area (Å²) in [6.45, 7) is 4.11. The van der Waals surface area contributed by atoms with E-state index < -0.39 is 0 Å². The van der Waals surface area contributed by atoms with Crippen molar-refractivity contribution in [1.82, 2.24) is 29.7 Å². The van der Waals surface area contributed by atoms with Gasteiger partial charge in [-0.1, -0.05) is 6.07 Å². The summed E-state index contributed by atoms with van der Waals surface area (Å²) in [4.78, 5) is 29.2. The number of Topliss-reactive ketones (excluding diaryl/α,β-unsaturated/α-hetero) is 1. The number of hydrogen-bond acceptors (Lipinski definition) is 6. The summed E-state index contributed by atoms with van der Waals surface area (Å²) in [7, 11) is 0. The van der Waals surface area contributed by atoms with Crippen LogP contribution in [0.5, 0.6) is 0 Å². The Bertz CT molecular complexity index is 1140. The summed E-state index contributed by atoms with van der Waals surface area (Å²) in [5, 5.41) is 4.49. The minimum atomic E-state index is 0.0493. The summed E-state index contributed by atoms with van der Waals surface area (Å²) >= 11 is 0. The molecule has 4 rings (SSSR count). The molecule has 0 spiro atoms. The lowest BCUT2D eigenvalue weighted by Gasteiger charge is -2.04. The maximum Gasteiger partial charge on any atom is 0.160 e. The van der Waals surface area contributed by atoms with Crippen LogP contribution in [-0.2, 0) is 17.8 Å². The molecule has 0 aliphatic rings. The minimum Gasteiger partial charge on any atom is -0.297 e. The lowest BCUT2D eigenvalue weighted by atomic mass is 10.1. The SMILES string of the molecule is Cc1cc(-c2cn(CC(=O)Cc3ccc(-c4cncnc4)cn3)nc2C)ccn1. The van der Waals surface area contributed by atoms with E-state index in [4.69, 9.17) is 0 Å². The molecule has 0 radical (unpaired) electrons. The third kappa shape index (κ3) is 4.40. The second-order valence-corrected chi connectivity index (χ2v) is 6.89. The summed E-state index contributed by atoms with van der Waals surface area (Å²) in [5.41, 5.74) is 6.43. The van der Waals surface area contributed by atoms with Gasteiger partial charge in [0.05, 0.1) is 18.7 Å². The van der Waals surface area contributed by atoms with Crippen molar-refractivity contribution in [3.8, 4) is 22.3 Å². The monoisotopic (exact) mass is 384 g/mol. The van der Waals surface area contributed by atoms with Crippen molar-refractivity contribution in [2.24, 2.45) is 0 Å². The van der Waals surface area contributed by atoms with Crippen LogP contribution in [-0.4, -0.2) is 35.5 Å². The highest BCUT2D eigenvalue weighted by atomic mass is 16.1. The molecule has 0 amide bonds. The predicted octanol–water partition coefficient (Wildman–Crippen LogP) is 3.23. The molecular formula is C22H20N6O. The van der Waals surface area contributed by atoms with Crippen molar-refractivity contribution in [2.45, 2.75) is 26.8 Å². The van der Waals surface area contributed by atoms with E-state index in [1.165, 1.54) is 6.33 Å². The predicted molar refractivity (Wildman–Crippen MR) is 109 cm³/mol. The molecule has 0 saturated heterocycles. The van der Waals surface area contributed by atoms with Crippen LogP contribution in [0.2, 0.25) is 0 Å². The number of hydrogen-bond donors (Lipinski definition) is 0. The van der Waals surface area contributed by atoms with Gasteiger partial charge in [0, 0.05) is 59.1 Å². The maximum absolute atomic E-state index is 12.5. The summed E-state index contributed by atoms with van der Waals surface area (Å²) in [6, 6.07) is 7.75. The molecule has 4 heterocycles. The molecule has 7 nitrogen and oxygen atoms in total. The number of carbonyl (C=O) groups is 1. The summed E-state index contributed by atoms with van der Waals surface area (Å²) < 4.78 is 1.69. The van der Waals surface area contributed by atoms with Gasteiger partial charge >= 0.3 is 0 Å². The molecule has 0 aliphatic heterocycles. The van der Waals surface area contributed by atoms with Crippen molar-refractivity contribution in [3.05, 3.63) is 78.7 Å². The first kappa shape index (κ1) is 18.6. The van der Waals surface area contributed by atoms with Gasteiger partial charge in [0.1, 0.15) is 6.33 Å². The second-order valence-electron chi connectivity index (χ2n) is 6.89. The largest absolute Gasteiger partial charge is 0.297 e. The van der Waals surface area contributed by atoms with Crippen LogP contribution >= 0.6 is 0 Å². The molecule has 0 atom stereocenters. The van der Waals surface area contributed by atoms with E-state index in [9.17, 15) is 4.79 Å². The average Bonchev–Trinajstić information content (AvgIpc) is 3.09. The zero-order valence-corrected chi connectivity index (χ0v) is 16.3. The zero-order valence-electron chi connectivity index (χ0n) is 16.3. The number of aryl methyl sites for hydroxylation is 2. The maximum atomic E-state index is 12.5. The Balaban J connectivity index is 1.43. The van der Waals surface area contributed by atoms with Crippen molar-refractivity contribution < 1.29 is 4.79 Å². The first-order chi connectivity index (χ1) is 14.1. The van der Waals surface area contributed by atoms with Crippen molar-refractivity contribution >= 4 is 5.78 Å². The Morgan fingerprint density at radius 3 is 2.52 bits per heavy atom. The molecule has 0 N–H and O–H groups in total. The standard InChI is InChI=1S/C22H20N6O/c1-15-7-17(5-6-25-15)22-13-28(27-16(22)2)12-21(29)8-20-4-3-18(11-26-20)19-9-23-14-24-10-19/h3-7,9-11,13-14H,8,12H2,1-2H3. The Morgan fingerprint density at radius 1 is 0.966 bits per heavy atom. The first-order valence-corrected chi connectivity index (χ1v) is 9.27. The molecule has 144 valence electrons. The molecule has 0 fully saturated rings. The van der Waals surface area contributed by atoms with E-state index >= 15 is 0 Å². The van der Waals surface area contributed by atoms with E-state index in [0.717, 1.165) is 39.3 Å². The number of nitrogens with zero attached hydrogens (tertiary/aromatic N) is 6. The number of rotatable bonds is 6. The fraction of sp³-hybridized carbons (Fsp3) is 0.182. The van der Waals surface area contributed by atoms with E-state index in [0.29, 0.717) is 0 Å². The van der Waals surface area contributed by atoms with Gasteiger partial charge in [0.25, 0.3) is 0 Å². The number of pyridine rings is 2. The molecule has 0 bridgehead atoms. The van der Waals surface area contributed by atoms with Gasteiger partial charge in [0.15, 0.2) is 5.78 Å². The van der Waals surface area contributed by atoms with Gasteiger partial charge in [-0.05, 0) is 37.6 Å².